The molecule has 1 fully saturated rings. The molecule has 188 valence electrons. The lowest BCUT2D eigenvalue weighted by Gasteiger charge is -2.39. The molecule has 0 bridgehead atoms. The van der Waals surface area contributed by atoms with Gasteiger partial charge in [-0.1, -0.05) is 26.8 Å². The molecule has 35 heavy (non-hydrogen) atoms. The van der Waals surface area contributed by atoms with Crippen molar-refractivity contribution in [1.29, 1.82) is 0 Å². The number of aromatic amines is 1. The predicted octanol–water partition coefficient (Wildman–Crippen LogP) is 3.62. The average molecular weight is 485 g/mol. The molecule has 1 aliphatic heterocycles. The van der Waals surface area contributed by atoms with Crippen LogP contribution >= 0.6 is 0 Å². The molecule has 0 spiro atoms. The second-order valence-electron chi connectivity index (χ2n) is 10.6. The Labute approximate surface area is 204 Å². The van der Waals surface area contributed by atoms with Crippen molar-refractivity contribution in [2.45, 2.75) is 65.3 Å². The maximum Gasteiger partial charge on any atom is 0.407 e. The largest absolute Gasteiger partial charge is 0.465 e. The zero-order valence-electron chi connectivity index (χ0n) is 20.6. The zero-order chi connectivity index (χ0) is 25.3. The number of aromatic nitrogens is 2. The second kappa shape index (κ2) is 9.79. The van der Waals surface area contributed by atoms with E-state index in [2.05, 4.69) is 10.2 Å². The van der Waals surface area contributed by atoms with Crippen LogP contribution in [-0.4, -0.2) is 62.8 Å². The number of carboxylic acid groups (broad SMARTS) is 1. The van der Waals surface area contributed by atoms with Crippen molar-refractivity contribution in [1.82, 2.24) is 20.0 Å². The van der Waals surface area contributed by atoms with E-state index in [9.17, 15) is 23.9 Å². The van der Waals surface area contributed by atoms with Crippen molar-refractivity contribution in [3.63, 3.8) is 0 Å². The van der Waals surface area contributed by atoms with Gasteiger partial charge < -0.3 is 14.9 Å². The lowest BCUT2D eigenvalue weighted by Crippen LogP contribution is -2.51. The van der Waals surface area contributed by atoms with Crippen LogP contribution in [0.3, 0.4) is 0 Å². The van der Waals surface area contributed by atoms with Crippen LogP contribution < -0.4 is 5.56 Å². The highest BCUT2D eigenvalue weighted by Crippen LogP contribution is 2.29. The van der Waals surface area contributed by atoms with E-state index >= 15 is 0 Å². The average Bonchev–Trinajstić information content (AvgIpc) is 3.05. The van der Waals surface area contributed by atoms with Gasteiger partial charge in [0.05, 0.1) is 17.3 Å². The van der Waals surface area contributed by atoms with Gasteiger partial charge in [0, 0.05) is 31.6 Å². The van der Waals surface area contributed by atoms with Gasteiger partial charge in [0.1, 0.15) is 5.82 Å². The minimum absolute atomic E-state index is 0.0303. The van der Waals surface area contributed by atoms with Gasteiger partial charge in [-0.3, -0.25) is 9.59 Å². The molecule has 8 nitrogen and oxygen atoms in total. The number of nitrogens with zero attached hydrogens (tertiary/aromatic N) is 3. The van der Waals surface area contributed by atoms with E-state index in [0.717, 1.165) is 48.1 Å². The summed E-state index contributed by atoms with van der Waals surface area (Å²) in [5.74, 6) is -1.05. The highest BCUT2D eigenvalue weighted by atomic mass is 19.1. The van der Waals surface area contributed by atoms with Gasteiger partial charge >= 0.3 is 6.09 Å². The van der Waals surface area contributed by atoms with E-state index < -0.39 is 29.3 Å². The predicted molar refractivity (Wildman–Crippen MR) is 129 cm³/mol. The van der Waals surface area contributed by atoms with Gasteiger partial charge in [0.15, 0.2) is 0 Å². The normalized spacial score (nSPS) is 18.7. The van der Waals surface area contributed by atoms with Crippen LogP contribution in [0.5, 0.6) is 0 Å². The van der Waals surface area contributed by atoms with E-state index in [4.69, 9.17) is 0 Å². The Balaban J connectivity index is 1.61. The number of H-pyrrole nitrogens is 1. The Morgan fingerprint density at radius 1 is 1.14 bits per heavy atom. The standard InChI is InChI=1S/C26H33FN4O4/c1-26(2,3)22-15-30(11-6-12-31(22)25(34)35)24(33)19-13-16(9-10-20(19)27)14-21-17-7-4-5-8-18(17)23(32)29-28-21/h9-10,13,22H,4-8,11-12,14-15H2,1-3H3,(H,29,32)(H,34,35). The molecule has 4 rings (SSSR count). The quantitative estimate of drug-likeness (QED) is 0.692. The van der Waals surface area contributed by atoms with Gasteiger partial charge in [0.25, 0.3) is 11.5 Å². The summed E-state index contributed by atoms with van der Waals surface area (Å²) < 4.78 is 14.9. The summed E-state index contributed by atoms with van der Waals surface area (Å²) in [7, 11) is 0. The lowest BCUT2D eigenvalue weighted by molar-refractivity contribution is 0.0594. The Bertz CT molecular complexity index is 1190. The number of benzene rings is 1. The molecular formula is C26H33FN4O4. The number of rotatable bonds is 3. The number of nitrogens with one attached hydrogen (secondary N) is 1. The number of halogens is 1. The van der Waals surface area contributed by atoms with Crippen LogP contribution in [0.15, 0.2) is 23.0 Å². The summed E-state index contributed by atoms with van der Waals surface area (Å²) in [6.45, 7) is 6.72. The zero-order valence-corrected chi connectivity index (χ0v) is 20.6. The van der Waals surface area contributed by atoms with E-state index in [0.29, 0.717) is 25.9 Å². The second-order valence-corrected chi connectivity index (χ2v) is 10.6. The maximum atomic E-state index is 14.9. The molecule has 9 heteroatoms. The van der Waals surface area contributed by atoms with E-state index in [1.165, 1.54) is 11.0 Å². The summed E-state index contributed by atoms with van der Waals surface area (Å²) in [4.78, 5) is 40.4. The minimum Gasteiger partial charge on any atom is -0.465 e. The van der Waals surface area contributed by atoms with Gasteiger partial charge in [0.2, 0.25) is 0 Å². The Morgan fingerprint density at radius 3 is 2.54 bits per heavy atom. The van der Waals surface area contributed by atoms with Gasteiger partial charge in [-0.05, 0) is 60.8 Å². The number of carbonyl (C=O) groups is 2. The molecule has 1 saturated heterocycles. The SMILES string of the molecule is CC(C)(C)C1CN(C(=O)c2cc(Cc3n[nH]c(=O)c4c3CCCC4)ccc2F)CCCN1C(=O)O. The maximum absolute atomic E-state index is 14.9. The third kappa shape index (κ3) is 5.23. The molecule has 2 amide bonds. The van der Waals surface area contributed by atoms with Crippen molar-refractivity contribution in [3.05, 3.63) is 62.3 Å². The van der Waals surface area contributed by atoms with Gasteiger partial charge in [-0.2, -0.15) is 5.10 Å². The van der Waals surface area contributed by atoms with E-state index in [1.807, 2.05) is 20.8 Å². The molecular weight excluding hydrogens is 451 g/mol. The number of fused-ring (bicyclic) bond motifs is 1. The monoisotopic (exact) mass is 484 g/mol. The van der Waals surface area contributed by atoms with Crippen molar-refractivity contribution in [2.24, 2.45) is 5.41 Å². The fraction of sp³-hybridized carbons (Fsp3) is 0.538. The molecule has 2 aromatic rings. The first-order valence-electron chi connectivity index (χ1n) is 12.2. The molecule has 1 aromatic carbocycles. The summed E-state index contributed by atoms with van der Waals surface area (Å²) in [5.41, 5.74) is 2.66. The Morgan fingerprint density at radius 2 is 1.86 bits per heavy atom. The third-order valence-corrected chi connectivity index (χ3v) is 7.14. The molecule has 1 aliphatic carbocycles. The molecule has 0 saturated carbocycles. The number of amides is 2. The first-order valence-corrected chi connectivity index (χ1v) is 12.2. The summed E-state index contributed by atoms with van der Waals surface area (Å²) in [5, 5.41) is 16.5. The molecule has 2 N–H and O–H groups in total. The van der Waals surface area contributed by atoms with Gasteiger partial charge in [-0.25, -0.2) is 14.3 Å². The molecule has 1 unspecified atom stereocenters. The fourth-order valence-corrected chi connectivity index (χ4v) is 5.22. The molecule has 1 aromatic heterocycles. The third-order valence-electron chi connectivity index (χ3n) is 7.14. The van der Waals surface area contributed by atoms with Gasteiger partial charge in [-0.15, -0.1) is 0 Å². The lowest BCUT2D eigenvalue weighted by atomic mass is 9.85. The van der Waals surface area contributed by atoms with Crippen LogP contribution in [0.25, 0.3) is 0 Å². The first kappa shape index (κ1) is 24.9. The van der Waals surface area contributed by atoms with Crippen molar-refractivity contribution in [3.8, 4) is 0 Å². The van der Waals surface area contributed by atoms with E-state index in [-0.39, 0.29) is 17.7 Å². The minimum atomic E-state index is -1.01. The molecule has 0 radical (unpaired) electrons. The topological polar surface area (TPSA) is 107 Å². The number of carbonyl (C=O) groups excluding carboxylic acids is 1. The van der Waals surface area contributed by atoms with Crippen LogP contribution in [0.1, 0.15) is 72.8 Å². The van der Waals surface area contributed by atoms with Crippen molar-refractivity contribution >= 4 is 12.0 Å². The molecule has 2 heterocycles. The van der Waals surface area contributed by atoms with Crippen LogP contribution in [0.2, 0.25) is 0 Å². The number of hydrogen-bond acceptors (Lipinski definition) is 4. The summed E-state index contributed by atoms with van der Waals surface area (Å²) in [6.07, 6.45) is 3.34. The van der Waals surface area contributed by atoms with Crippen LogP contribution in [0.4, 0.5) is 9.18 Å². The summed E-state index contributed by atoms with van der Waals surface area (Å²) >= 11 is 0. The highest BCUT2D eigenvalue weighted by molar-refractivity contribution is 5.94. The number of hydrogen-bond donors (Lipinski definition) is 2. The Hall–Kier alpha value is -3.23. The molecule has 2 aliphatic rings. The van der Waals surface area contributed by atoms with Crippen molar-refractivity contribution < 1.29 is 19.1 Å². The summed E-state index contributed by atoms with van der Waals surface area (Å²) in [6, 6.07) is 4.09. The first-order chi connectivity index (χ1) is 16.6. The molecule has 1 atom stereocenters. The smallest absolute Gasteiger partial charge is 0.407 e. The van der Waals surface area contributed by atoms with Crippen LogP contribution in [0, 0.1) is 11.2 Å². The highest BCUT2D eigenvalue weighted by Gasteiger charge is 2.38. The Kier molecular flexibility index (Phi) is 6.96. The van der Waals surface area contributed by atoms with Crippen molar-refractivity contribution in [2.75, 3.05) is 19.6 Å². The van der Waals surface area contributed by atoms with Crippen LogP contribution in [-0.2, 0) is 19.3 Å². The fourth-order valence-electron chi connectivity index (χ4n) is 5.22. The van der Waals surface area contributed by atoms with E-state index in [1.54, 1.807) is 17.0 Å².